The van der Waals surface area contributed by atoms with Crippen molar-refractivity contribution in [2.75, 3.05) is 0 Å². The van der Waals surface area contributed by atoms with Crippen LogP contribution in [-0.2, 0) is 0 Å². The van der Waals surface area contributed by atoms with E-state index in [-0.39, 0.29) is 22.2 Å². The summed E-state index contributed by atoms with van der Waals surface area (Å²) in [6, 6.07) is 6.58. The zero-order valence-corrected chi connectivity index (χ0v) is 9.55. The molecule has 0 aliphatic carbocycles. The van der Waals surface area contributed by atoms with Gasteiger partial charge in [0.1, 0.15) is 5.76 Å². The van der Waals surface area contributed by atoms with Crippen LogP contribution in [0.5, 0.6) is 0 Å². The van der Waals surface area contributed by atoms with Crippen LogP contribution in [-0.4, -0.2) is 16.0 Å². The van der Waals surface area contributed by atoms with Gasteiger partial charge in [0.2, 0.25) is 5.76 Å². The van der Waals surface area contributed by atoms with Crippen LogP contribution in [0.1, 0.15) is 10.6 Å². The quantitative estimate of drug-likeness (QED) is 0.681. The van der Waals surface area contributed by atoms with Gasteiger partial charge in [-0.25, -0.2) is 4.79 Å². The number of rotatable bonds is 3. The molecule has 0 fully saturated rings. The zero-order valence-electron chi connectivity index (χ0n) is 8.79. The lowest BCUT2D eigenvalue weighted by Gasteiger charge is -2.00. The molecule has 1 aromatic carbocycles. The van der Waals surface area contributed by atoms with E-state index in [0.717, 1.165) is 0 Å². The number of nitro groups is 1. The van der Waals surface area contributed by atoms with E-state index in [9.17, 15) is 14.9 Å². The molecule has 1 N–H and O–H groups in total. The van der Waals surface area contributed by atoms with Gasteiger partial charge in [-0.15, -0.1) is 0 Å². The van der Waals surface area contributed by atoms with E-state index in [1.807, 2.05) is 0 Å². The molecule has 2 aromatic rings. The second-order valence-corrected chi connectivity index (χ2v) is 3.80. The van der Waals surface area contributed by atoms with Gasteiger partial charge in [0.25, 0.3) is 5.69 Å². The normalized spacial score (nSPS) is 10.3. The van der Waals surface area contributed by atoms with E-state index in [4.69, 9.17) is 21.1 Å². The summed E-state index contributed by atoms with van der Waals surface area (Å²) >= 11 is 5.88. The van der Waals surface area contributed by atoms with E-state index in [0.29, 0.717) is 5.56 Å². The lowest BCUT2D eigenvalue weighted by atomic mass is 10.1. The number of non-ortho nitro benzene ring substituents is 1. The van der Waals surface area contributed by atoms with Crippen molar-refractivity contribution in [3.05, 3.63) is 51.2 Å². The van der Waals surface area contributed by atoms with Crippen molar-refractivity contribution in [3.8, 4) is 11.3 Å². The minimum Gasteiger partial charge on any atom is -0.475 e. The standard InChI is InChI=1S/C11H6ClNO5/c12-8-5-6(13(16)17)1-2-7(8)9-3-4-10(18-9)11(14)15/h1-5H,(H,14,15). The van der Waals surface area contributed by atoms with Gasteiger partial charge >= 0.3 is 5.97 Å². The van der Waals surface area contributed by atoms with Gasteiger partial charge in [-0.05, 0) is 18.2 Å². The Morgan fingerprint density at radius 3 is 2.56 bits per heavy atom. The van der Waals surface area contributed by atoms with E-state index in [1.165, 1.54) is 30.3 Å². The first-order valence-electron chi connectivity index (χ1n) is 4.76. The molecule has 2 rings (SSSR count). The Morgan fingerprint density at radius 2 is 2.06 bits per heavy atom. The van der Waals surface area contributed by atoms with E-state index in [2.05, 4.69) is 0 Å². The first kappa shape index (κ1) is 12.1. The van der Waals surface area contributed by atoms with Crippen molar-refractivity contribution in [1.29, 1.82) is 0 Å². The summed E-state index contributed by atoms with van der Waals surface area (Å²) in [6.45, 7) is 0. The van der Waals surface area contributed by atoms with Crippen molar-refractivity contribution < 1.29 is 19.2 Å². The first-order valence-corrected chi connectivity index (χ1v) is 5.14. The second kappa shape index (κ2) is 4.50. The highest BCUT2D eigenvalue weighted by Gasteiger charge is 2.15. The molecule has 0 saturated carbocycles. The van der Waals surface area contributed by atoms with Gasteiger partial charge in [0.05, 0.1) is 9.95 Å². The smallest absolute Gasteiger partial charge is 0.371 e. The van der Waals surface area contributed by atoms with Crippen LogP contribution in [0.3, 0.4) is 0 Å². The highest BCUT2D eigenvalue weighted by Crippen LogP contribution is 2.32. The van der Waals surface area contributed by atoms with E-state index >= 15 is 0 Å². The summed E-state index contributed by atoms with van der Waals surface area (Å²) in [5.41, 5.74) is 0.253. The number of hydrogen-bond acceptors (Lipinski definition) is 4. The topological polar surface area (TPSA) is 93.6 Å². The van der Waals surface area contributed by atoms with Gasteiger partial charge < -0.3 is 9.52 Å². The third-order valence-electron chi connectivity index (χ3n) is 2.25. The molecule has 0 bridgehead atoms. The van der Waals surface area contributed by atoms with Crippen molar-refractivity contribution in [2.45, 2.75) is 0 Å². The third-order valence-corrected chi connectivity index (χ3v) is 2.56. The Bertz CT molecular complexity index is 634. The number of carboxylic acid groups (broad SMARTS) is 1. The number of nitro benzene ring substituents is 1. The molecule has 0 radical (unpaired) electrons. The summed E-state index contributed by atoms with van der Waals surface area (Å²) in [7, 11) is 0. The number of halogens is 1. The van der Waals surface area contributed by atoms with Crippen LogP contribution >= 0.6 is 11.6 Å². The number of nitrogens with zero attached hydrogens (tertiary/aromatic N) is 1. The number of carboxylic acids is 1. The number of benzene rings is 1. The highest BCUT2D eigenvalue weighted by molar-refractivity contribution is 6.33. The number of carbonyl (C=O) groups is 1. The first-order chi connectivity index (χ1) is 8.49. The van der Waals surface area contributed by atoms with Gasteiger partial charge in [-0.1, -0.05) is 11.6 Å². The van der Waals surface area contributed by atoms with Crippen molar-refractivity contribution in [1.82, 2.24) is 0 Å². The molecule has 0 aliphatic heterocycles. The molecule has 0 aliphatic rings. The van der Waals surface area contributed by atoms with Crippen molar-refractivity contribution >= 4 is 23.3 Å². The fourth-order valence-corrected chi connectivity index (χ4v) is 1.68. The fourth-order valence-electron chi connectivity index (χ4n) is 1.41. The zero-order chi connectivity index (χ0) is 13.3. The Balaban J connectivity index is 2.44. The minimum absolute atomic E-state index is 0.121. The van der Waals surface area contributed by atoms with Gasteiger partial charge in [-0.3, -0.25) is 10.1 Å². The van der Waals surface area contributed by atoms with E-state index < -0.39 is 10.9 Å². The molecular weight excluding hydrogens is 262 g/mol. The largest absolute Gasteiger partial charge is 0.475 e. The van der Waals surface area contributed by atoms with Crippen LogP contribution < -0.4 is 0 Å². The van der Waals surface area contributed by atoms with Gasteiger partial charge in [0.15, 0.2) is 0 Å². The van der Waals surface area contributed by atoms with Crippen LogP contribution in [0.25, 0.3) is 11.3 Å². The Labute approximate surface area is 106 Å². The van der Waals surface area contributed by atoms with Crippen LogP contribution in [0.15, 0.2) is 34.7 Å². The molecule has 92 valence electrons. The highest BCUT2D eigenvalue weighted by atomic mass is 35.5. The maximum Gasteiger partial charge on any atom is 0.371 e. The summed E-state index contributed by atoms with van der Waals surface area (Å²) < 4.78 is 5.06. The molecule has 0 saturated heterocycles. The summed E-state index contributed by atoms with van der Waals surface area (Å²) in [5.74, 6) is -1.17. The molecule has 1 heterocycles. The van der Waals surface area contributed by atoms with Crippen molar-refractivity contribution in [2.24, 2.45) is 0 Å². The maximum absolute atomic E-state index is 10.7. The van der Waals surface area contributed by atoms with Gasteiger partial charge in [-0.2, -0.15) is 0 Å². The van der Waals surface area contributed by atoms with Crippen molar-refractivity contribution in [3.63, 3.8) is 0 Å². The lowest BCUT2D eigenvalue weighted by Crippen LogP contribution is -1.91. The molecule has 0 unspecified atom stereocenters. The number of hydrogen-bond donors (Lipinski definition) is 1. The Kier molecular flexibility index (Phi) is 3.03. The maximum atomic E-state index is 10.7. The number of furan rings is 1. The van der Waals surface area contributed by atoms with Crippen LogP contribution in [0, 0.1) is 10.1 Å². The summed E-state index contributed by atoms with van der Waals surface area (Å²) in [5, 5.41) is 19.4. The van der Waals surface area contributed by atoms with Crippen LogP contribution in [0.2, 0.25) is 5.02 Å². The fraction of sp³-hybridized carbons (Fsp3) is 0. The van der Waals surface area contributed by atoms with Crippen LogP contribution in [0.4, 0.5) is 5.69 Å². The second-order valence-electron chi connectivity index (χ2n) is 3.39. The molecule has 6 nitrogen and oxygen atoms in total. The number of aromatic carboxylic acids is 1. The summed E-state index contributed by atoms with van der Waals surface area (Å²) in [6.07, 6.45) is 0. The Hall–Kier alpha value is -2.34. The molecular formula is C11H6ClNO5. The molecule has 18 heavy (non-hydrogen) atoms. The molecule has 0 atom stereocenters. The summed E-state index contributed by atoms with van der Waals surface area (Å²) in [4.78, 5) is 20.6. The predicted molar refractivity (Wildman–Crippen MR) is 62.8 cm³/mol. The molecule has 7 heteroatoms. The molecule has 1 aromatic heterocycles. The molecule has 0 amide bonds. The lowest BCUT2D eigenvalue weighted by molar-refractivity contribution is -0.384. The monoisotopic (exact) mass is 267 g/mol. The predicted octanol–water partition coefficient (Wildman–Crippen LogP) is 3.21. The molecule has 0 spiro atoms. The average molecular weight is 268 g/mol. The Morgan fingerprint density at radius 1 is 1.33 bits per heavy atom. The minimum atomic E-state index is -1.20. The van der Waals surface area contributed by atoms with E-state index in [1.54, 1.807) is 0 Å². The third kappa shape index (κ3) is 2.18. The SMILES string of the molecule is O=C(O)c1ccc(-c2ccc([N+](=O)[O-])cc2Cl)o1. The average Bonchev–Trinajstić information content (AvgIpc) is 2.78. The van der Waals surface area contributed by atoms with Gasteiger partial charge in [0, 0.05) is 17.7 Å².